The molecule has 86 valence electrons. The molecule has 6 nitrogen and oxygen atoms in total. The van der Waals surface area contributed by atoms with Crippen molar-refractivity contribution in [1.82, 2.24) is 0 Å². The molecule has 0 saturated carbocycles. The molecule has 1 aromatic rings. The summed E-state index contributed by atoms with van der Waals surface area (Å²) in [5.74, 6) is -2.01. The third-order valence-corrected chi connectivity index (χ3v) is 1.60. The van der Waals surface area contributed by atoms with Crippen LogP contribution in [0, 0.1) is 15.9 Å². The lowest BCUT2D eigenvalue weighted by Crippen LogP contribution is -2.15. The Morgan fingerprint density at radius 3 is 2.81 bits per heavy atom. The fourth-order valence-corrected chi connectivity index (χ4v) is 0.991. The van der Waals surface area contributed by atoms with Crippen molar-refractivity contribution >= 4 is 11.7 Å². The van der Waals surface area contributed by atoms with Gasteiger partial charge in [0.2, 0.25) is 5.75 Å². The van der Waals surface area contributed by atoms with Crippen molar-refractivity contribution in [3.8, 4) is 5.75 Å². The number of carbonyl (C=O) groups excluding carboxylic acids is 1. The van der Waals surface area contributed by atoms with Crippen LogP contribution in [0.2, 0.25) is 0 Å². The first-order valence-electron chi connectivity index (χ1n) is 4.18. The quantitative estimate of drug-likeness (QED) is 0.336. The Hall–Kier alpha value is -2.02. The van der Waals surface area contributed by atoms with Gasteiger partial charge in [-0.1, -0.05) is 0 Å². The number of hydrogen-bond acceptors (Lipinski definition) is 5. The van der Waals surface area contributed by atoms with Gasteiger partial charge in [-0.2, -0.15) is 0 Å². The smallest absolute Gasteiger partial charge is 0.337 e. The predicted octanol–water partition coefficient (Wildman–Crippen LogP) is 1.29. The molecular weight excluding hydrogens is 221 g/mol. The molecule has 0 aliphatic heterocycles. The Labute approximate surface area is 89.7 Å². The van der Waals surface area contributed by atoms with Crippen molar-refractivity contribution in [2.75, 3.05) is 13.7 Å². The van der Waals surface area contributed by atoms with Crippen LogP contribution in [0.25, 0.3) is 0 Å². The number of nitro groups is 1. The number of nitrogens with zero attached hydrogens (tertiary/aromatic N) is 1. The van der Waals surface area contributed by atoms with Gasteiger partial charge < -0.3 is 9.47 Å². The second kappa shape index (κ2) is 5.17. The van der Waals surface area contributed by atoms with Gasteiger partial charge >= 0.3 is 11.7 Å². The van der Waals surface area contributed by atoms with Crippen LogP contribution in [0.4, 0.5) is 10.1 Å². The van der Waals surface area contributed by atoms with Crippen molar-refractivity contribution < 1.29 is 23.6 Å². The molecule has 0 N–H and O–H groups in total. The van der Waals surface area contributed by atoms with Gasteiger partial charge in [0.1, 0.15) is 12.4 Å². The van der Waals surface area contributed by atoms with E-state index in [1.807, 2.05) is 0 Å². The van der Waals surface area contributed by atoms with E-state index in [9.17, 15) is 19.3 Å². The van der Waals surface area contributed by atoms with Crippen molar-refractivity contribution in [1.29, 1.82) is 0 Å². The molecule has 0 bridgehead atoms. The van der Waals surface area contributed by atoms with Crippen LogP contribution in [0.5, 0.6) is 5.75 Å². The first-order chi connectivity index (χ1) is 7.54. The number of methoxy groups -OCH3 is 1. The first-order valence-corrected chi connectivity index (χ1v) is 4.18. The van der Waals surface area contributed by atoms with Crippen LogP contribution in [0.1, 0.15) is 0 Å². The molecule has 1 rings (SSSR count). The van der Waals surface area contributed by atoms with Crippen molar-refractivity contribution in [3.63, 3.8) is 0 Å². The fraction of sp³-hybridized carbons (Fsp3) is 0.222. The SMILES string of the molecule is COCC(=O)Oc1cc(F)ccc1[N+](=O)[O-]. The molecule has 0 fully saturated rings. The summed E-state index contributed by atoms with van der Waals surface area (Å²) in [4.78, 5) is 20.8. The van der Waals surface area contributed by atoms with E-state index in [0.29, 0.717) is 0 Å². The summed E-state index contributed by atoms with van der Waals surface area (Å²) >= 11 is 0. The normalized spacial score (nSPS) is 9.88. The van der Waals surface area contributed by atoms with Crippen LogP contribution in [-0.2, 0) is 9.53 Å². The summed E-state index contributed by atoms with van der Waals surface area (Å²) in [6, 6.07) is 2.60. The zero-order valence-corrected chi connectivity index (χ0v) is 8.31. The van der Waals surface area contributed by atoms with Gasteiger partial charge in [0.25, 0.3) is 0 Å². The van der Waals surface area contributed by atoms with E-state index in [4.69, 9.17) is 0 Å². The number of halogens is 1. The third kappa shape index (κ3) is 2.99. The Bertz CT molecular complexity index is 420. The van der Waals surface area contributed by atoms with E-state index in [0.717, 1.165) is 18.2 Å². The Balaban J connectivity index is 2.96. The number of ether oxygens (including phenoxy) is 2. The lowest BCUT2D eigenvalue weighted by molar-refractivity contribution is -0.385. The van der Waals surface area contributed by atoms with Gasteiger partial charge in [-0.25, -0.2) is 9.18 Å². The molecule has 1 aromatic carbocycles. The number of rotatable bonds is 4. The minimum absolute atomic E-state index is 0.367. The van der Waals surface area contributed by atoms with E-state index in [2.05, 4.69) is 9.47 Å². The van der Waals surface area contributed by atoms with Gasteiger partial charge in [0, 0.05) is 19.2 Å². The average Bonchev–Trinajstić information content (AvgIpc) is 2.17. The summed E-state index contributed by atoms with van der Waals surface area (Å²) in [6.45, 7) is -0.367. The van der Waals surface area contributed by atoms with E-state index >= 15 is 0 Å². The molecule has 0 spiro atoms. The summed E-state index contributed by atoms with van der Waals surface area (Å²) in [5.41, 5.74) is -0.481. The summed E-state index contributed by atoms with van der Waals surface area (Å²) in [5, 5.41) is 10.5. The van der Waals surface area contributed by atoms with Gasteiger partial charge in [-0.15, -0.1) is 0 Å². The van der Waals surface area contributed by atoms with Gasteiger partial charge in [-0.05, 0) is 6.07 Å². The van der Waals surface area contributed by atoms with E-state index in [-0.39, 0.29) is 6.61 Å². The molecule has 0 saturated heterocycles. The second-order valence-electron chi connectivity index (χ2n) is 2.78. The van der Waals surface area contributed by atoms with Crippen LogP contribution in [-0.4, -0.2) is 24.6 Å². The maximum Gasteiger partial charge on any atom is 0.337 e. The van der Waals surface area contributed by atoms with Crippen LogP contribution in [0.15, 0.2) is 18.2 Å². The Morgan fingerprint density at radius 2 is 2.25 bits per heavy atom. The van der Waals surface area contributed by atoms with Crippen molar-refractivity contribution in [2.45, 2.75) is 0 Å². The van der Waals surface area contributed by atoms with E-state index in [1.165, 1.54) is 7.11 Å². The summed E-state index contributed by atoms with van der Waals surface area (Å²) < 4.78 is 21.9. The van der Waals surface area contributed by atoms with E-state index < -0.39 is 28.1 Å². The van der Waals surface area contributed by atoms with Crippen LogP contribution in [0.3, 0.4) is 0 Å². The van der Waals surface area contributed by atoms with Crippen molar-refractivity contribution in [2.24, 2.45) is 0 Å². The standard InChI is InChI=1S/C9H8FNO5/c1-15-5-9(12)16-8-4-6(10)2-3-7(8)11(13)14/h2-4H,5H2,1H3. The van der Waals surface area contributed by atoms with Gasteiger partial charge in [0.15, 0.2) is 0 Å². The molecule has 0 atom stereocenters. The molecule has 0 aliphatic rings. The monoisotopic (exact) mass is 229 g/mol. The molecule has 0 heterocycles. The van der Waals surface area contributed by atoms with E-state index in [1.54, 1.807) is 0 Å². The summed E-state index contributed by atoms with van der Waals surface area (Å²) in [6.07, 6.45) is 0. The van der Waals surface area contributed by atoms with Gasteiger partial charge in [-0.3, -0.25) is 10.1 Å². The molecule has 7 heteroatoms. The lowest BCUT2D eigenvalue weighted by atomic mass is 10.3. The van der Waals surface area contributed by atoms with Crippen LogP contribution < -0.4 is 4.74 Å². The maximum absolute atomic E-state index is 12.8. The Kier molecular flexibility index (Phi) is 3.90. The highest BCUT2D eigenvalue weighted by molar-refractivity contribution is 5.74. The highest BCUT2D eigenvalue weighted by Gasteiger charge is 2.18. The minimum Gasteiger partial charge on any atom is -0.417 e. The lowest BCUT2D eigenvalue weighted by Gasteiger charge is -2.04. The van der Waals surface area contributed by atoms with Crippen LogP contribution >= 0.6 is 0 Å². The largest absolute Gasteiger partial charge is 0.417 e. The zero-order valence-electron chi connectivity index (χ0n) is 8.31. The Morgan fingerprint density at radius 1 is 1.56 bits per heavy atom. The highest BCUT2D eigenvalue weighted by atomic mass is 19.1. The number of carbonyl (C=O) groups is 1. The first kappa shape index (κ1) is 12.1. The maximum atomic E-state index is 12.8. The fourth-order valence-electron chi connectivity index (χ4n) is 0.991. The summed E-state index contributed by atoms with van der Waals surface area (Å²) in [7, 11) is 1.27. The molecule has 0 unspecified atom stereocenters. The number of benzene rings is 1. The number of nitro benzene ring substituents is 1. The second-order valence-corrected chi connectivity index (χ2v) is 2.78. The predicted molar refractivity (Wildman–Crippen MR) is 50.6 cm³/mol. The molecule has 0 radical (unpaired) electrons. The minimum atomic E-state index is -0.837. The molecular formula is C9H8FNO5. The zero-order chi connectivity index (χ0) is 12.1. The highest BCUT2D eigenvalue weighted by Crippen LogP contribution is 2.27. The number of hydrogen-bond donors (Lipinski definition) is 0. The third-order valence-electron chi connectivity index (χ3n) is 1.60. The molecule has 0 aliphatic carbocycles. The molecule has 0 amide bonds. The molecule has 16 heavy (non-hydrogen) atoms. The average molecular weight is 229 g/mol. The number of esters is 1. The van der Waals surface area contributed by atoms with Crippen molar-refractivity contribution in [3.05, 3.63) is 34.1 Å². The topological polar surface area (TPSA) is 78.7 Å². The molecule has 0 aromatic heterocycles. The van der Waals surface area contributed by atoms with Gasteiger partial charge in [0.05, 0.1) is 4.92 Å².